The Kier molecular flexibility index (Phi) is 2.55. The van der Waals surface area contributed by atoms with Gasteiger partial charge in [0.25, 0.3) is 0 Å². The topological polar surface area (TPSA) is 0 Å². The van der Waals surface area contributed by atoms with Crippen molar-refractivity contribution in [3.05, 3.63) is 32.5 Å². The van der Waals surface area contributed by atoms with E-state index in [1.807, 2.05) is 5.38 Å². The van der Waals surface area contributed by atoms with E-state index in [2.05, 4.69) is 35.6 Å². The summed E-state index contributed by atoms with van der Waals surface area (Å²) < 4.78 is 15.2. The maximum Gasteiger partial charge on any atom is 0.138 e. The lowest BCUT2D eigenvalue weighted by Gasteiger charge is -2.02. The van der Waals surface area contributed by atoms with Crippen molar-refractivity contribution in [1.82, 2.24) is 0 Å². The first-order valence-corrected chi connectivity index (χ1v) is 6.04. The zero-order valence-electron chi connectivity index (χ0n) is 7.10. The average Bonchev–Trinajstić information content (AvgIpc) is 2.60. The van der Waals surface area contributed by atoms with Gasteiger partial charge in [-0.1, -0.05) is 6.92 Å². The molecule has 0 bridgehead atoms. The van der Waals surface area contributed by atoms with Crippen molar-refractivity contribution in [3.63, 3.8) is 0 Å². The van der Waals surface area contributed by atoms with Gasteiger partial charge >= 0.3 is 0 Å². The number of halogens is 2. The van der Waals surface area contributed by atoms with Gasteiger partial charge in [0.05, 0.1) is 8.27 Å². The summed E-state index contributed by atoms with van der Waals surface area (Å²) in [5.41, 5.74) is 1.11. The summed E-state index contributed by atoms with van der Waals surface area (Å²) in [5, 5.41) is 3.23. The van der Waals surface area contributed by atoms with Gasteiger partial charge in [-0.05, 0) is 57.5 Å². The van der Waals surface area contributed by atoms with Crippen molar-refractivity contribution in [2.75, 3.05) is 0 Å². The summed E-state index contributed by atoms with van der Waals surface area (Å²) >= 11 is 3.68. The van der Waals surface area contributed by atoms with Crippen LogP contribution in [0.3, 0.4) is 0 Å². The number of fused-ring (bicyclic) bond motifs is 1. The first kappa shape index (κ1) is 9.40. The lowest BCUT2D eigenvalue weighted by molar-refractivity contribution is 0.621. The Balaban J connectivity index is 2.87. The second-order valence-corrected chi connectivity index (χ2v) is 4.84. The Morgan fingerprint density at radius 1 is 1.54 bits per heavy atom. The molecule has 3 heteroatoms. The van der Waals surface area contributed by atoms with Gasteiger partial charge in [0.1, 0.15) is 5.82 Å². The predicted octanol–water partition coefficient (Wildman–Crippen LogP) is 4.21. The standard InChI is InChI=1S/C10H8FIS/c1-2-6-5-8(11)9(12)10-7(6)3-4-13-10/h3-5H,2H2,1H3. The monoisotopic (exact) mass is 306 g/mol. The summed E-state index contributed by atoms with van der Waals surface area (Å²) in [6.07, 6.45) is 0.890. The van der Waals surface area contributed by atoms with Crippen LogP contribution in [0.2, 0.25) is 0 Å². The molecule has 0 amide bonds. The number of aryl methyl sites for hydroxylation is 1. The van der Waals surface area contributed by atoms with E-state index < -0.39 is 0 Å². The molecule has 0 spiro atoms. The quantitative estimate of drug-likeness (QED) is 0.692. The van der Waals surface area contributed by atoms with Crippen molar-refractivity contribution in [2.24, 2.45) is 0 Å². The first-order valence-electron chi connectivity index (χ1n) is 4.08. The SMILES string of the molecule is CCc1cc(F)c(I)c2sccc12. The molecule has 0 aliphatic carbocycles. The molecule has 0 aliphatic heterocycles. The molecule has 1 heterocycles. The molecule has 2 aromatic rings. The second-order valence-electron chi connectivity index (χ2n) is 2.85. The Morgan fingerprint density at radius 3 is 3.00 bits per heavy atom. The molecule has 2 rings (SSSR count). The highest BCUT2D eigenvalue weighted by atomic mass is 127. The molecule has 0 fully saturated rings. The Bertz CT molecular complexity index is 447. The molecule has 0 saturated heterocycles. The van der Waals surface area contributed by atoms with Crippen LogP contribution in [0.15, 0.2) is 17.5 Å². The Morgan fingerprint density at radius 2 is 2.31 bits per heavy atom. The molecule has 0 atom stereocenters. The van der Waals surface area contributed by atoms with Crippen LogP contribution >= 0.6 is 33.9 Å². The highest BCUT2D eigenvalue weighted by molar-refractivity contribution is 14.1. The zero-order chi connectivity index (χ0) is 9.42. The minimum atomic E-state index is -0.0904. The molecule has 0 radical (unpaired) electrons. The highest BCUT2D eigenvalue weighted by Gasteiger charge is 2.09. The van der Waals surface area contributed by atoms with E-state index in [-0.39, 0.29) is 5.82 Å². The van der Waals surface area contributed by atoms with Gasteiger partial charge in [-0.3, -0.25) is 0 Å². The van der Waals surface area contributed by atoms with Crippen LogP contribution in [-0.4, -0.2) is 0 Å². The van der Waals surface area contributed by atoms with E-state index in [0.29, 0.717) is 0 Å². The van der Waals surface area contributed by atoms with Crippen molar-refractivity contribution in [3.8, 4) is 0 Å². The molecule has 68 valence electrons. The zero-order valence-corrected chi connectivity index (χ0v) is 10.1. The Labute approximate surface area is 93.9 Å². The molecule has 0 nitrogen and oxygen atoms in total. The summed E-state index contributed by atoms with van der Waals surface area (Å²) in [6.45, 7) is 2.05. The fourth-order valence-corrected chi connectivity index (χ4v) is 3.12. The predicted molar refractivity (Wildman–Crippen MR) is 63.9 cm³/mol. The highest BCUT2D eigenvalue weighted by Crippen LogP contribution is 2.31. The van der Waals surface area contributed by atoms with E-state index in [0.717, 1.165) is 20.3 Å². The molecule has 0 aliphatic rings. The molecule has 0 N–H and O–H groups in total. The third-order valence-electron chi connectivity index (χ3n) is 2.10. The van der Waals surface area contributed by atoms with E-state index in [4.69, 9.17) is 0 Å². The lowest BCUT2D eigenvalue weighted by atomic mass is 10.1. The smallest absolute Gasteiger partial charge is 0.138 e. The fourth-order valence-electron chi connectivity index (χ4n) is 1.43. The van der Waals surface area contributed by atoms with Crippen LogP contribution in [0.1, 0.15) is 12.5 Å². The van der Waals surface area contributed by atoms with E-state index >= 15 is 0 Å². The van der Waals surface area contributed by atoms with Crippen LogP contribution in [-0.2, 0) is 6.42 Å². The van der Waals surface area contributed by atoms with Crippen LogP contribution in [0.25, 0.3) is 10.1 Å². The number of hydrogen-bond acceptors (Lipinski definition) is 1. The number of benzene rings is 1. The van der Waals surface area contributed by atoms with Crippen molar-refractivity contribution in [2.45, 2.75) is 13.3 Å². The van der Waals surface area contributed by atoms with Gasteiger partial charge < -0.3 is 0 Å². The summed E-state index contributed by atoms with van der Waals surface area (Å²) in [5.74, 6) is -0.0904. The van der Waals surface area contributed by atoms with Gasteiger partial charge in [0.15, 0.2) is 0 Å². The normalized spacial score (nSPS) is 11.0. The van der Waals surface area contributed by atoms with E-state index in [1.165, 1.54) is 5.39 Å². The molecular weight excluding hydrogens is 298 g/mol. The van der Waals surface area contributed by atoms with Crippen LogP contribution in [0.4, 0.5) is 4.39 Å². The summed E-state index contributed by atoms with van der Waals surface area (Å²) in [7, 11) is 0. The molecule has 1 aromatic heterocycles. The van der Waals surface area contributed by atoms with Gasteiger partial charge in [0, 0.05) is 0 Å². The number of thiophene rings is 1. The Hall–Kier alpha value is -0.160. The van der Waals surface area contributed by atoms with Gasteiger partial charge in [-0.2, -0.15) is 0 Å². The molecule has 0 unspecified atom stereocenters. The third-order valence-corrected chi connectivity index (χ3v) is 4.45. The third kappa shape index (κ3) is 1.48. The minimum absolute atomic E-state index is 0.0904. The van der Waals surface area contributed by atoms with Crippen LogP contribution in [0, 0.1) is 9.39 Å². The summed E-state index contributed by atoms with van der Waals surface area (Å²) in [6, 6.07) is 3.72. The maximum absolute atomic E-state index is 13.4. The average molecular weight is 306 g/mol. The second kappa shape index (κ2) is 3.53. The largest absolute Gasteiger partial charge is 0.206 e. The first-order chi connectivity index (χ1) is 6.24. The molecular formula is C10H8FIS. The van der Waals surface area contributed by atoms with Gasteiger partial charge in [-0.15, -0.1) is 11.3 Å². The number of hydrogen-bond donors (Lipinski definition) is 0. The minimum Gasteiger partial charge on any atom is -0.206 e. The van der Waals surface area contributed by atoms with E-state index in [9.17, 15) is 4.39 Å². The molecule has 0 saturated carbocycles. The van der Waals surface area contributed by atoms with Gasteiger partial charge in [0.2, 0.25) is 0 Å². The number of rotatable bonds is 1. The fraction of sp³-hybridized carbons (Fsp3) is 0.200. The maximum atomic E-state index is 13.4. The van der Waals surface area contributed by atoms with Gasteiger partial charge in [-0.25, -0.2) is 4.39 Å². The van der Waals surface area contributed by atoms with Crippen molar-refractivity contribution < 1.29 is 4.39 Å². The lowest BCUT2D eigenvalue weighted by Crippen LogP contribution is -1.87. The van der Waals surface area contributed by atoms with Crippen LogP contribution in [0.5, 0.6) is 0 Å². The summed E-state index contributed by atoms with van der Waals surface area (Å²) in [4.78, 5) is 0. The molecule has 1 aromatic carbocycles. The van der Waals surface area contributed by atoms with Crippen molar-refractivity contribution >= 4 is 44.0 Å². The van der Waals surface area contributed by atoms with Crippen LogP contribution < -0.4 is 0 Å². The molecule has 13 heavy (non-hydrogen) atoms. The van der Waals surface area contributed by atoms with E-state index in [1.54, 1.807) is 17.4 Å². The van der Waals surface area contributed by atoms with Crippen molar-refractivity contribution in [1.29, 1.82) is 0 Å².